The first-order valence-corrected chi connectivity index (χ1v) is 7.07. The predicted molar refractivity (Wildman–Crippen MR) is 84.4 cm³/mol. The molecule has 0 aromatic heterocycles. The highest BCUT2D eigenvalue weighted by Gasteiger charge is 2.13. The molecule has 0 bridgehead atoms. The van der Waals surface area contributed by atoms with Crippen LogP contribution in [-0.2, 0) is 16.1 Å². The first-order chi connectivity index (χ1) is 11.0. The van der Waals surface area contributed by atoms with Crippen LogP contribution >= 0.6 is 11.6 Å². The van der Waals surface area contributed by atoms with Crippen LogP contribution in [0.15, 0.2) is 42.5 Å². The molecule has 0 spiro atoms. The molecule has 0 unspecified atom stereocenters. The Labute approximate surface area is 137 Å². The molecule has 0 radical (unpaired) electrons. The average Bonchev–Trinajstić information content (AvgIpc) is 2.52. The van der Waals surface area contributed by atoms with E-state index in [0.29, 0.717) is 10.6 Å². The predicted octanol–water partition coefficient (Wildman–Crippen LogP) is 2.53. The van der Waals surface area contributed by atoms with E-state index in [0.717, 1.165) is 0 Å². The number of nitrogen functional groups attached to an aromatic ring is 1. The first kappa shape index (κ1) is 16.8. The molecule has 120 valence electrons. The smallest absolute Gasteiger partial charge is 0.340 e. The van der Waals surface area contributed by atoms with Crippen molar-refractivity contribution in [1.82, 2.24) is 5.32 Å². The number of rotatable bonds is 5. The van der Waals surface area contributed by atoms with Crippen molar-refractivity contribution in [2.45, 2.75) is 6.54 Å². The highest BCUT2D eigenvalue weighted by molar-refractivity contribution is 6.31. The van der Waals surface area contributed by atoms with Gasteiger partial charge in [0.05, 0.1) is 5.56 Å². The summed E-state index contributed by atoms with van der Waals surface area (Å²) in [6.07, 6.45) is 0. The molecule has 0 atom stereocenters. The quantitative estimate of drug-likeness (QED) is 0.649. The van der Waals surface area contributed by atoms with E-state index in [1.807, 2.05) is 0 Å². The number of halogens is 2. The van der Waals surface area contributed by atoms with Gasteiger partial charge in [-0.3, -0.25) is 4.79 Å². The van der Waals surface area contributed by atoms with Gasteiger partial charge in [-0.25, -0.2) is 9.18 Å². The number of hydrogen-bond acceptors (Lipinski definition) is 4. The molecule has 0 aliphatic heterocycles. The molecule has 1 amide bonds. The molecule has 0 aliphatic rings. The van der Waals surface area contributed by atoms with Gasteiger partial charge in [-0.2, -0.15) is 0 Å². The minimum atomic E-state index is -0.736. The minimum absolute atomic E-state index is 0.00609. The molecule has 2 aromatic rings. The molecule has 0 heterocycles. The van der Waals surface area contributed by atoms with E-state index in [9.17, 15) is 14.0 Å². The van der Waals surface area contributed by atoms with Gasteiger partial charge in [-0.05, 0) is 24.3 Å². The second kappa shape index (κ2) is 7.60. The van der Waals surface area contributed by atoms with Gasteiger partial charge in [0, 0.05) is 22.8 Å². The number of carbonyl (C=O) groups is 2. The maximum absolute atomic E-state index is 13.4. The third-order valence-electron chi connectivity index (χ3n) is 3.00. The molecule has 23 heavy (non-hydrogen) atoms. The van der Waals surface area contributed by atoms with Crippen molar-refractivity contribution in [2.75, 3.05) is 12.3 Å². The zero-order chi connectivity index (χ0) is 16.8. The molecule has 0 fully saturated rings. The lowest BCUT2D eigenvalue weighted by atomic mass is 10.2. The Balaban J connectivity index is 1.84. The molecule has 0 aliphatic carbocycles. The van der Waals surface area contributed by atoms with E-state index in [1.165, 1.54) is 24.3 Å². The summed E-state index contributed by atoms with van der Waals surface area (Å²) in [5.41, 5.74) is 6.28. The highest BCUT2D eigenvalue weighted by Crippen LogP contribution is 2.18. The van der Waals surface area contributed by atoms with Crippen molar-refractivity contribution in [2.24, 2.45) is 0 Å². The lowest BCUT2D eigenvalue weighted by molar-refractivity contribution is -0.124. The maximum Gasteiger partial charge on any atom is 0.340 e. The SMILES string of the molecule is Nc1cc(Cl)ccc1C(=O)OCC(=O)NCc1ccccc1F. The Morgan fingerprint density at radius 2 is 1.96 bits per heavy atom. The summed E-state index contributed by atoms with van der Waals surface area (Å²) in [6, 6.07) is 10.4. The third kappa shape index (κ3) is 4.69. The van der Waals surface area contributed by atoms with Crippen molar-refractivity contribution >= 4 is 29.2 Å². The van der Waals surface area contributed by atoms with Crippen molar-refractivity contribution in [3.8, 4) is 0 Å². The largest absolute Gasteiger partial charge is 0.452 e. The Kier molecular flexibility index (Phi) is 5.54. The lowest BCUT2D eigenvalue weighted by Crippen LogP contribution is -2.28. The van der Waals surface area contributed by atoms with E-state index in [-0.39, 0.29) is 17.8 Å². The van der Waals surface area contributed by atoms with Crippen LogP contribution in [-0.4, -0.2) is 18.5 Å². The summed E-state index contributed by atoms with van der Waals surface area (Å²) in [4.78, 5) is 23.5. The van der Waals surface area contributed by atoms with Crippen molar-refractivity contribution < 1.29 is 18.7 Å². The maximum atomic E-state index is 13.4. The molecule has 2 rings (SSSR count). The third-order valence-corrected chi connectivity index (χ3v) is 3.24. The van der Waals surface area contributed by atoms with E-state index >= 15 is 0 Å². The Morgan fingerprint density at radius 1 is 1.22 bits per heavy atom. The summed E-state index contributed by atoms with van der Waals surface area (Å²) in [6.45, 7) is -0.485. The fraction of sp³-hybridized carbons (Fsp3) is 0.125. The van der Waals surface area contributed by atoms with E-state index in [2.05, 4.69) is 5.32 Å². The number of anilines is 1. The van der Waals surface area contributed by atoms with Crippen LogP contribution in [0.5, 0.6) is 0 Å². The molecule has 3 N–H and O–H groups in total. The Morgan fingerprint density at radius 3 is 2.65 bits per heavy atom. The van der Waals surface area contributed by atoms with Gasteiger partial charge in [0.2, 0.25) is 0 Å². The molecule has 7 heteroatoms. The number of nitrogens with two attached hydrogens (primary N) is 1. The zero-order valence-electron chi connectivity index (χ0n) is 12.0. The number of hydrogen-bond donors (Lipinski definition) is 2. The Bertz CT molecular complexity index is 737. The van der Waals surface area contributed by atoms with Gasteiger partial charge in [0.15, 0.2) is 6.61 Å². The zero-order valence-corrected chi connectivity index (χ0v) is 12.8. The number of benzene rings is 2. The van der Waals surface area contributed by atoms with Gasteiger partial charge in [-0.1, -0.05) is 29.8 Å². The van der Waals surface area contributed by atoms with Crippen LogP contribution < -0.4 is 11.1 Å². The van der Waals surface area contributed by atoms with Crippen molar-refractivity contribution in [3.63, 3.8) is 0 Å². The van der Waals surface area contributed by atoms with E-state index in [4.69, 9.17) is 22.1 Å². The van der Waals surface area contributed by atoms with E-state index in [1.54, 1.807) is 18.2 Å². The second-order valence-corrected chi connectivity index (χ2v) is 5.11. The van der Waals surface area contributed by atoms with Crippen LogP contribution in [0.2, 0.25) is 5.02 Å². The molecular formula is C16H14ClFN2O3. The number of ether oxygens (including phenoxy) is 1. The number of amides is 1. The topological polar surface area (TPSA) is 81.4 Å². The van der Waals surface area contributed by atoms with Gasteiger partial charge >= 0.3 is 5.97 Å². The van der Waals surface area contributed by atoms with Gasteiger partial charge in [0.25, 0.3) is 5.91 Å². The standard InChI is InChI=1S/C16H14ClFN2O3/c17-11-5-6-12(14(19)7-11)16(22)23-9-15(21)20-8-10-3-1-2-4-13(10)18/h1-7H,8-9,19H2,(H,20,21). The van der Waals surface area contributed by atoms with Crippen LogP contribution in [0.1, 0.15) is 15.9 Å². The summed E-state index contributed by atoms with van der Waals surface area (Å²) < 4.78 is 18.3. The molecule has 5 nitrogen and oxygen atoms in total. The van der Waals surface area contributed by atoms with E-state index < -0.39 is 24.3 Å². The van der Waals surface area contributed by atoms with Crippen LogP contribution in [0.4, 0.5) is 10.1 Å². The van der Waals surface area contributed by atoms with Crippen LogP contribution in [0.25, 0.3) is 0 Å². The molecule has 0 saturated heterocycles. The fourth-order valence-corrected chi connectivity index (χ4v) is 2.00. The second-order valence-electron chi connectivity index (χ2n) is 4.68. The van der Waals surface area contributed by atoms with Crippen molar-refractivity contribution in [1.29, 1.82) is 0 Å². The Hall–Kier alpha value is -2.60. The van der Waals surface area contributed by atoms with Crippen molar-refractivity contribution in [3.05, 3.63) is 64.4 Å². The fourth-order valence-electron chi connectivity index (χ4n) is 1.81. The van der Waals surface area contributed by atoms with Crippen LogP contribution in [0, 0.1) is 5.82 Å². The molecular weight excluding hydrogens is 323 g/mol. The number of esters is 1. The average molecular weight is 337 g/mol. The number of carbonyl (C=O) groups excluding carboxylic acids is 2. The first-order valence-electron chi connectivity index (χ1n) is 6.69. The summed E-state index contributed by atoms with van der Waals surface area (Å²) in [5.74, 6) is -1.70. The minimum Gasteiger partial charge on any atom is -0.452 e. The van der Waals surface area contributed by atoms with Gasteiger partial charge in [-0.15, -0.1) is 0 Å². The summed E-state index contributed by atoms with van der Waals surface area (Å²) in [7, 11) is 0. The monoisotopic (exact) mass is 336 g/mol. The number of nitrogens with one attached hydrogen (secondary N) is 1. The molecule has 2 aromatic carbocycles. The lowest BCUT2D eigenvalue weighted by Gasteiger charge is -2.08. The molecule has 0 saturated carbocycles. The van der Waals surface area contributed by atoms with Crippen LogP contribution in [0.3, 0.4) is 0 Å². The van der Waals surface area contributed by atoms with Gasteiger partial charge < -0.3 is 15.8 Å². The highest BCUT2D eigenvalue weighted by atomic mass is 35.5. The normalized spacial score (nSPS) is 10.2. The van der Waals surface area contributed by atoms with Gasteiger partial charge in [0.1, 0.15) is 5.82 Å². The summed E-state index contributed by atoms with van der Waals surface area (Å²) >= 11 is 5.73. The summed E-state index contributed by atoms with van der Waals surface area (Å²) in [5, 5.41) is 2.85.